The molecule has 2 spiro atoms. The molecule has 2 unspecified atom stereocenters. The minimum atomic E-state index is -1.60. The lowest BCUT2D eigenvalue weighted by Gasteiger charge is -2.66. The predicted molar refractivity (Wildman–Crippen MR) is 194 cm³/mol. The molecule has 0 aromatic heterocycles. The molecule has 3 aliphatic heterocycles. The summed E-state index contributed by atoms with van der Waals surface area (Å²) < 4.78 is 31.8. The average Bonchev–Trinajstić information content (AvgIpc) is 3.67. The molecule has 5 aliphatic carbocycles. The number of aliphatic hydroxyl groups excluding tert-OH is 8. The van der Waals surface area contributed by atoms with E-state index in [0.717, 1.165) is 32.1 Å². The van der Waals surface area contributed by atoms with Crippen LogP contribution in [0.5, 0.6) is 0 Å². The Labute approximate surface area is 324 Å². The van der Waals surface area contributed by atoms with E-state index in [-0.39, 0.29) is 52.1 Å². The van der Waals surface area contributed by atoms with Gasteiger partial charge in [-0.25, -0.2) is 0 Å². The Bertz CT molecular complexity index is 1450. The van der Waals surface area contributed by atoms with Crippen molar-refractivity contribution in [3.63, 3.8) is 0 Å². The standard InChI is InChI=1S/C41H68O14/c1-35(2,50)13-19-14-39(7,55-19)31-20(43)15-38(6)24-12-22(52-34-30(49)28(47)27(46)23(16-42)53-34)32-36(3,4)25(54-33-29(48)26(45)21(44)17-51-33)8-9-41(32)18-40(24,41)11-10-37(31,38)5/h19-34,42-50H,8-18H2,1-7H3/t19-,20+,21-,22+,23-,24?,25+,26+,27-,28+,29-,30-,31?,32+,33+,34-,37-,38+,39-,40+,41-/m1/s1. The number of fused-ring (bicyclic) bond motifs is 2. The highest BCUT2D eigenvalue weighted by molar-refractivity contribution is 5.33. The SMILES string of the molecule is CC(C)(O)C[C@@H]1C[C@](C)(C2[C@@H](O)C[C@@]3(C)C4C[C@H](O[C@@H]5O[C@H](CO)[C@@H](O)[C@H](O)[C@H]5O)[C@H]5C(C)(C)[C@@H](O[C@@H]6OC[C@@H](O)[C@H](O)[C@H]6O)CC[C@@]56C[C@@]46CC[C@]23C)O1. The maximum atomic E-state index is 12.1. The highest BCUT2D eigenvalue weighted by atomic mass is 16.7. The molecule has 9 N–H and O–H groups in total. The number of hydrogen-bond acceptors (Lipinski definition) is 14. The molecule has 0 aromatic carbocycles. The van der Waals surface area contributed by atoms with Gasteiger partial charge in [0, 0.05) is 18.8 Å². The largest absolute Gasteiger partial charge is 0.394 e. The van der Waals surface area contributed by atoms with Gasteiger partial charge in [0.05, 0.1) is 48.8 Å². The topological polar surface area (TPSA) is 228 Å². The van der Waals surface area contributed by atoms with Gasteiger partial charge in [0.2, 0.25) is 0 Å². The highest BCUT2D eigenvalue weighted by Crippen LogP contribution is 2.89. The summed E-state index contributed by atoms with van der Waals surface area (Å²) in [6.07, 6.45) is -7.25. The molecule has 8 aliphatic rings. The molecule has 3 saturated heterocycles. The smallest absolute Gasteiger partial charge is 0.186 e. The first-order chi connectivity index (χ1) is 25.5. The summed E-state index contributed by atoms with van der Waals surface area (Å²) >= 11 is 0. The molecule has 5 saturated carbocycles. The van der Waals surface area contributed by atoms with E-state index < -0.39 is 96.8 Å². The van der Waals surface area contributed by atoms with Gasteiger partial charge in [0.1, 0.15) is 42.7 Å². The second-order valence-electron chi connectivity index (χ2n) is 21.2. The van der Waals surface area contributed by atoms with Crippen molar-refractivity contribution >= 4 is 0 Å². The van der Waals surface area contributed by atoms with Gasteiger partial charge in [0.15, 0.2) is 12.6 Å². The maximum absolute atomic E-state index is 12.1. The summed E-state index contributed by atoms with van der Waals surface area (Å²) in [6.45, 7) is 13.9. The van der Waals surface area contributed by atoms with Crippen LogP contribution in [-0.2, 0) is 23.7 Å². The van der Waals surface area contributed by atoms with Crippen LogP contribution in [0.25, 0.3) is 0 Å². The quantitative estimate of drug-likeness (QED) is 0.155. The minimum absolute atomic E-state index is 0.0516. The molecule has 0 bridgehead atoms. The van der Waals surface area contributed by atoms with Crippen molar-refractivity contribution in [1.29, 1.82) is 0 Å². The Morgan fingerprint density at radius 2 is 1.40 bits per heavy atom. The Hall–Kier alpha value is -0.560. The van der Waals surface area contributed by atoms with E-state index >= 15 is 0 Å². The zero-order chi connectivity index (χ0) is 40.1. The number of rotatable bonds is 8. The fourth-order valence-electron chi connectivity index (χ4n) is 15.0. The third kappa shape index (κ3) is 5.85. The van der Waals surface area contributed by atoms with Gasteiger partial charge >= 0.3 is 0 Å². The molecule has 14 heteroatoms. The fourth-order valence-corrected chi connectivity index (χ4v) is 15.0. The summed E-state index contributed by atoms with van der Waals surface area (Å²) in [5, 5.41) is 96.7. The Balaban J connectivity index is 1.13. The van der Waals surface area contributed by atoms with E-state index in [1.807, 2.05) is 0 Å². The van der Waals surface area contributed by atoms with Gasteiger partial charge in [-0.05, 0) is 105 Å². The molecule has 3 heterocycles. The van der Waals surface area contributed by atoms with E-state index in [0.29, 0.717) is 25.7 Å². The van der Waals surface area contributed by atoms with Crippen LogP contribution in [0.4, 0.5) is 0 Å². The lowest BCUT2D eigenvalue weighted by molar-refractivity contribution is -0.339. The summed E-state index contributed by atoms with van der Waals surface area (Å²) in [5.41, 5.74) is -2.83. The summed E-state index contributed by atoms with van der Waals surface area (Å²) in [4.78, 5) is 0. The van der Waals surface area contributed by atoms with Gasteiger partial charge in [-0.1, -0.05) is 27.7 Å². The first-order valence-electron chi connectivity index (χ1n) is 20.8. The van der Waals surface area contributed by atoms with Crippen LogP contribution in [0.3, 0.4) is 0 Å². The van der Waals surface area contributed by atoms with Gasteiger partial charge < -0.3 is 69.6 Å². The van der Waals surface area contributed by atoms with E-state index in [9.17, 15) is 46.0 Å². The van der Waals surface area contributed by atoms with Crippen molar-refractivity contribution in [3.05, 3.63) is 0 Å². The second-order valence-corrected chi connectivity index (χ2v) is 21.2. The van der Waals surface area contributed by atoms with Gasteiger partial charge in [-0.15, -0.1) is 0 Å². The fraction of sp³-hybridized carbons (Fsp3) is 1.00. The maximum Gasteiger partial charge on any atom is 0.186 e. The molecule has 14 nitrogen and oxygen atoms in total. The van der Waals surface area contributed by atoms with Crippen LogP contribution in [0.1, 0.15) is 106 Å². The predicted octanol–water partition coefficient (Wildman–Crippen LogP) is 0.724. The monoisotopic (exact) mass is 784 g/mol. The zero-order valence-corrected chi connectivity index (χ0v) is 33.6. The van der Waals surface area contributed by atoms with E-state index in [1.54, 1.807) is 13.8 Å². The van der Waals surface area contributed by atoms with Crippen molar-refractivity contribution in [2.45, 2.75) is 197 Å². The Morgan fingerprint density at radius 1 is 0.727 bits per heavy atom. The average molecular weight is 785 g/mol. The minimum Gasteiger partial charge on any atom is -0.394 e. The van der Waals surface area contributed by atoms with E-state index in [1.165, 1.54) is 0 Å². The third-order valence-corrected chi connectivity index (χ3v) is 17.3. The van der Waals surface area contributed by atoms with E-state index in [4.69, 9.17) is 23.7 Å². The van der Waals surface area contributed by atoms with E-state index in [2.05, 4.69) is 34.6 Å². The zero-order valence-electron chi connectivity index (χ0n) is 33.6. The lowest BCUT2D eigenvalue weighted by atomic mass is 9.41. The first-order valence-corrected chi connectivity index (χ1v) is 20.8. The van der Waals surface area contributed by atoms with Gasteiger partial charge in [-0.2, -0.15) is 0 Å². The normalized spacial score (nSPS) is 58.5. The molecular formula is C41H68O14. The van der Waals surface area contributed by atoms with Crippen molar-refractivity contribution in [1.82, 2.24) is 0 Å². The Kier molecular flexibility index (Phi) is 9.90. The van der Waals surface area contributed by atoms with Crippen molar-refractivity contribution in [2.24, 2.45) is 44.8 Å². The third-order valence-electron chi connectivity index (χ3n) is 17.3. The van der Waals surface area contributed by atoms with Gasteiger partial charge in [0.25, 0.3) is 0 Å². The van der Waals surface area contributed by atoms with Crippen molar-refractivity contribution in [3.8, 4) is 0 Å². The molecule has 0 amide bonds. The van der Waals surface area contributed by atoms with Crippen LogP contribution in [0, 0.1) is 44.8 Å². The van der Waals surface area contributed by atoms with Crippen LogP contribution >= 0.6 is 0 Å². The number of hydrogen-bond donors (Lipinski definition) is 9. The lowest BCUT2D eigenvalue weighted by Crippen LogP contribution is -2.66. The summed E-state index contributed by atoms with van der Waals surface area (Å²) in [6, 6.07) is 0. The van der Waals surface area contributed by atoms with Crippen molar-refractivity contribution < 1.29 is 69.6 Å². The number of ether oxygens (including phenoxy) is 5. The van der Waals surface area contributed by atoms with Crippen molar-refractivity contribution in [2.75, 3.05) is 13.2 Å². The molecule has 21 atom stereocenters. The highest BCUT2D eigenvalue weighted by Gasteiger charge is 2.85. The molecule has 0 aromatic rings. The molecule has 0 radical (unpaired) electrons. The molecule has 8 rings (SSSR count). The number of aliphatic hydroxyl groups is 9. The summed E-state index contributed by atoms with van der Waals surface area (Å²) in [5.74, 6) is -0.147. The molecule has 316 valence electrons. The second kappa shape index (κ2) is 13.2. The molecule has 8 fully saturated rings. The van der Waals surface area contributed by atoms with Crippen LogP contribution < -0.4 is 0 Å². The van der Waals surface area contributed by atoms with Crippen LogP contribution in [0.15, 0.2) is 0 Å². The first kappa shape index (κ1) is 41.2. The van der Waals surface area contributed by atoms with Gasteiger partial charge in [-0.3, -0.25) is 0 Å². The molecule has 55 heavy (non-hydrogen) atoms. The van der Waals surface area contributed by atoms with Crippen LogP contribution in [0.2, 0.25) is 0 Å². The summed E-state index contributed by atoms with van der Waals surface area (Å²) in [7, 11) is 0. The Morgan fingerprint density at radius 3 is 2.05 bits per heavy atom. The van der Waals surface area contributed by atoms with Crippen LogP contribution in [-0.4, -0.2) is 150 Å². The molecular weight excluding hydrogens is 716 g/mol.